The van der Waals surface area contributed by atoms with E-state index in [0.717, 1.165) is 24.3 Å². The summed E-state index contributed by atoms with van der Waals surface area (Å²) in [6.07, 6.45) is 4.48. The lowest BCUT2D eigenvalue weighted by atomic mass is 10.0. The third-order valence-electron chi connectivity index (χ3n) is 3.28. The summed E-state index contributed by atoms with van der Waals surface area (Å²) in [6.45, 7) is 0. The minimum atomic E-state index is -0.495. The predicted octanol–water partition coefficient (Wildman–Crippen LogP) is 3.31. The molecule has 0 spiro atoms. The monoisotopic (exact) mass is 252 g/mol. The van der Waals surface area contributed by atoms with Gasteiger partial charge in [0.15, 0.2) is 0 Å². The molecule has 3 rings (SSSR count). The van der Waals surface area contributed by atoms with E-state index in [-0.39, 0.29) is 0 Å². The van der Waals surface area contributed by atoms with E-state index in [9.17, 15) is 5.11 Å². The van der Waals surface area contributed by atoms with Gasteiger partial charge in [-0.1, -0.05) is 28.1 Å². The quantitative estimate of drug-likeness (QED) is 0.857. The van der Waals surface area contributed by atoms with Gasteiger partial charge in [0, 0.05) is 4.47 Å². The molecule has 2 fully saturated rings. The molecule has 1 aromatic rings. The molecule has 0 unspecified atom stereocenters. The van der Waals surface area contributed by atoms with Crippen molar-refractivity contribution in [1.29, 1.82) is 0 Å². The van der Waals surface area contributed by atoms with Crippen LogP contribution in [0.15, 0.2) is 22.7 Å². The van der Waals surface area contributed by atoms with E-state index in [2.05, 4.69) is 34.1 Å². The van der Waals surface area contributed by atoms with Gasteiger partial charge in [-0.25, -0.2) is 0 Å². The van der Waals surface area contributed by atoms with Gasteiger partial charge in [-0.05, 0) is 48.8 Å². The minimum Gasteiger partial charge on any atom is -0.385 e. The number of halogens is 1. The summed E-state index contributed by atoms with van der Waals surface area (Å²) in [7, 11) is 0. The van der Waals surface area contributed by atoms with Gasteiger partial charge in [0.1, 0.15) is 0 Å². The molecule has 0 atom stereocenters. The van der Waals surface area contributed by atoms with Crippen molar-refractivity contribution in [2.45, 2.75) is 37.2 Å². The molecular weight excluding hydrogens is 240 g/mol. The Bertz CT molecular complexity index is 378. The Kier molecular flexibility index (Phi) is 1.80. The van der Waals surface area contributed by atoms with E-state index in [0.29, 0.717) is 0 Å². The molecule has 2 saturated carbocycles. The highest BCUT2D eigenvalue weighted by atomic mass is 79.9. The maximum atomic E-state index is 9.95. The molecule has 0 heterocycles. The highest BCUT2D eigenvalue weighted by Crippen LogP contribution is 2.48. The van der Waals surface area contributed by atoms with Crippen molar-refractivity contribution in [3.05, 3.63) is 33.8 Å². The van der Waals surface area contributed by atoms with Gasteiger partial charge in [0.05, 0.1) is 5.60 Å². The summed E-state index contributed by atoms with van der Waals surface area (Å²) in [5.74, 6) is 0.771. The second-order valence-corrected chi connectivity index (χ2v) is 5.40. The summed E-state index contributed by atoms with van der Waals surface area (Å²) in [5, 5.41) is 9.95. The van der Waals surface area contributed by atoms with E-state index >= 15 is 0 Å². The molecule has 1 nitrogen and oxygen atoms in total. The van der Waals surface area contributed by atoms with Crippen molar-refractivity contribution in [3.63, 3.8) is 0 Å². The van der Waals surface area contributed by atoms with Gasteiger partial charge >= 0.3 is 0 Å². The fourth-order valence-electron chi connectivity index (χ4n) is 1.95. The largest absolute Gasteiger partial charge is 0.385 e. The molecule has 0 saturated heterocycles. The number of hydrogen-bond acceptors (Lipinski definition) is 1. The lowest BCUT2D eigenvalue weighted by Crippen LogP contribution is -2.04. The van der Waals surface area contributed by atoms with E-state index in [1.54, 1.807) is 0 Å². The van der Waals surface area contributed by atoms with Crippen molar-refractivity contribution in [3.8, 4) is 0 Å². The average Bonchev–Trinajstić information content (AvgIpc) is 2.99. The molecular formula is C12H13BrO. The third-order valence-corrected chi connectivity index (χ3v) is 3.97. The van der Waals surface area contributed by atoms with Crippen molar-refractivity contribution < 1.29 is 5.11 Å². The number of aliphatic hydroxyl groups is 1. The van der Waals surface area contributed by atoms with Crippen LogP contribution in [0.5, 0.6) is 0 Å². The molecule has 0 amide bonds. The molecule has 2 heteroatoms. The molecule has 0 aliphatic heterocycles. The first-order valence-electron chi connectivity index (χ1n) is 5.21. The number of benzene rings is 1. The Morgan fingerprint density at radius 2 is 2.00 bits per heavy atom. The van der Waals surface area contributed by atoms with E-state index in [4.69, 9.17) is 0 Å². The smallest absolute Gasteiger partial charge is 0.0899 e. The summed E-state index contributed by atoms with van der Waals surface area (Å²) < 4.78 is 1.18. The van der Waals surface area contributed by atoms with Crippen LogP contribution in [0.25, 0.3) is 0 Å². The van der Waals surface area contributed by atoms with Gasteiger partial charge in [-0.3, -0.25) is 0 Å². The van der Waals surface area contributed by atoms with Crippen LogP contribution in [0.3, 0.4) is 0 Å². The van der Waals surface area contributed by atoms with Gasteiger partial charge in [0.25, 0.3) is 0 Å². The third kappa shape index (κ3) is 1.41. The second kappa shape index (κ2) is 2.83. The highest BCUT2D eigenvalue weighted by Gasteiger charge is 2.42. The van der Waals surface area contributed by atoms with Crippen LogP contribution >= 0.6 is 15.9 Å². The van der Waals surface area contributed by atoms with E-state index in [1.807, 2.05) is 0 Å². The Balaban J connectivity index is 1.97. The van der Waals surface area contributed by atoms with Gasteiger partial charge in [-0.15, -0.1) is 0 Å². The lowest BCUT2D eigenvalue weighted by molar-refractivity contribution is 0.151. The molecule has 2 aliphatic carbocycles. The summed E-state index contributed by atoms with van der Waals surface area (Å²) in [6, 6.07) is 6.36. The van der Waals surface area contributed by atoms with Crippen LogP contribution < -0.4 is 0 Å². The molecule has 14 heavy (non-hydrogen) atoms. The first-order valence-corrected chi connectivity index (χ1v) is 6.01. The Morgan fingerprint density at radius 3 is 2.50 bits per heavy atom. The van der Waals surface area contributed by atoms with Gasteiger partial charge in [0.2, 0.25) is 0 Å². The molecule has 1 aromatic carbocycles. The standard InChI is InChI=1S/C12H13BrO/c13-11-7-9(12(14)5-6-12)3-4-10(11)8-1-2-8/h3-4,7-8,14H,1-2,5-6H2. The second-order valence-electron chi connectivity index (χ2n) is 4.54. The first-order chi connectivity index (χ1) is 6.69. The topological polar surface area (TPSA) is 20.2 Å². The SMILES string of the molecule is OC1(c2ccc(C3CC3)c(Br)c2)CC1. The minimum absolute atomic E-state index is 0.495. The molecule has 0 bridgehead atoms. The number of rotatable bonds is 2. The van der Waals surface area contributed by atoms with E-state index in [1.165, 1.54) is 22.9 Å². The maximum Gasteiger partial charge on any atom is 0.0899 e. The fraction of sp³-hybridized carbons (Fsp3) is 0.500. The van der Waals surface area contributed by atoms with Crippen LogP contribution in [-0.2, 0) is 5.60 Å². The van der Waals surface area contributed by atoms with Crippen molar-refractivity contribution in [2.24, 2.45) is 0 Å². The fourth-order valence-corrected chi connectivity index (χ4v) is 2.65. The lowest BCUT2D eigenvalue weighted by Gasteiger charge is -2.10. The van der Waals surface area contributed by atoms with Crippen molar-refractivity contribution in [2.75, 3.05) is 0 Å². The molecule has 74 valence electrons. The predicted molar refractivity (Wildman–Crippen MR) is 59.2 cm³/mol. The molecule has 0 radical (unpaired) electrons. The van der Waals surface area contributed by atoms with Crippen molar-refractivity contribution >= 4 is 15.9 Å². The number of hydrogen-bond donors (Lipinski definition) is 1. The Hall–Kier alpha value is -0.340. The maximum absolute atomic E-state index is 9.95. The summed E-state index contributed by atoms with van der Waals surface area (Å²) >= 11 is 3.60. The summed E-state index contributed by atoms with van der Waals surface area (Å²) in [5.41, 5.74) is 2.00. The van der Waals surface area contributed by atoms with Crippen molar-refractivity contribution in [1.82, 2.24) is 0 Å². The van der Waals surface area contributed by atoms with Gasteiger partial charge in [-0.2, -0.15) is 0 Å². The molecule has 2 aliphatic rings. The average molecular weight is 253 g/mol. The van der Waals surface area contributed by atoms with Crippen LogP contribution in [0.4, 0.5) is 0 Å². The Labute approximate surface area is 92.3 Å². The zero-order valence-electron chi connectivity index (χ0n) is 7.96. The van der Waals surface area contributed by atoms with Crippen LogP contribution in [0.2, 0.25) is 0 Å². The van der Waals surface area contributed by atoms with E-state index < -0.39 is 5.60 Å². The Morgan fingerprint density at radius 1 is 1.29 bits per heavy atom. The first kappa shape index (κ1) is 8.93. The normalized spacial score (nSPS) is 23.6. The van der Waals surface area contributed by atoms with Crippen LogP contribution in [-0.4, -0.2) is 5.11 Å². The zero-order chi connectivity index (χ0) is 9.76. The van der Waals surface area contributed by atoms with Crippen LogP contribution in [0, 0.1) is 0 Å². The summed E-state index contributed by atoms with van der Waals surface area (Å²) in [4.78, 5) is 0. The molecule has 1 N–H and O–H groups in total. The molecule has 0 aromatic heterocycles. The van der Waals surface area contributed by atoms with Gasteiger partial charge < -0.3 is 5.11 Å². The highest BCUT2D eigenvalue weighted by molar-refractivity contribution is 9.10. The van der Waals surface area contributed by atoms with Crippen LogP contribution in [0.1, 0.15) is 42.7 Å². The zero-order valence-corrected chi connectivity index (χ0v) is 9.55.